The van der Waals surface area contributed by atoms with Crippen molar-refractivity contribution in [2.45, 2.75) is 104 Å². The van der Waals surface area contributed by atoms with Gasteiger partial charge in [-0.1, -0.05) is 26.8 Å². The summed E-state index contributed by atoms with van der Waals surface area (Å²) >= 11 is 0. The van der Waals surface area contributed by atoms with Crippen LogP contribution in [0.2, 0.25) is 0 Å². The third-order valence-electron chi connectivity index (χ3n) is 7.84. The van der Waals surface area contributed by atoms with Crippen molar-refractivity contribution in [2.75, 3.05) is 0 Å². The van der Waals surface area contributed by atoms with Crippen molar-refractivity contribution in [1.82, 2.24) is 0 Å². The second-order valence-corrected chi connectivity index (χ2v) is 10.3. The van der Waals surface area contributed by atoms with Gasteiger partial charge in [-0.05, 0) is 26.7 Å². The summed E-state index contributed by atoms with van der Waals surface area (Å²) in [6, 6.07) is 0. The minimum atomic E-state index is -1.32. The van der Waals surface area contributed by atoms with Crippen molar-refractivity contribution >= 4 is 17.9 Å². The third-order valence-corrected chi connectivity index (χ3v) is 7.84. The predicted molar refractivity (Wildman–Crippen MR) is 114 cm³/mol. The molecule has 3 fully saturated rings. The largest absolute Gasteiger partial charge is 0.462 e. The lowest BCUT2D eigenvalue weighted by Crippen LogP contribution is -2.56. The smallest absolute Gasteiger partial charge is 0.333 e. The maximum atomic E-state index is 12.8. The van der Waals surface area contributed by atoms with Crippen molar-refractivity contribution in [3.63, 3.8) is 0 Å². The van der Waals surface area contributed by atoms with E-state index in [4.69, 9.17) is 18.9 Å². The molecule has 8 atom stereocenters. The number of carbonyl (C=O) groups is 3. The molecule has 180 valence electrons. The van der Waals surface area contributed by atoms with Gasteiger partial charge in [0.2, 0.25) is 0 Å². The number of hydrogen-bond donors (Lipinski definition) is 1. The van der Waals surface area contributed by atoms with E-state index in [2.05, 4.69) is 0 Å². The first-order valence-electron chi connectivity index (χ1n) is 11.3. The monoisotopic (exact) mass is 452 g/mol. The zero-order valence-corrected chi connectivity index (χ0v) is 20.3. The second-order valence-electron chi connectivity index (χ2n) is 10.3. The quantitative estimate of drug-likeness (QED) is 0.293. The van der Waals surface area contributed by atoms with Crippen LogP contribution in [-0.4, -0.2) is 58.6 Å². The van der Waals surface area contributed by atoms with Gasteiger partial charge in [-0.15, -0.1) is 0 Å². The predicted octanol–water partition coefficient (Wildman–Crippen LogP) is 2.70. The minimum absolute atomic E-state index is 0.142. The number of epoxide rings is 1. The van der Waals surface area contributed by atoms with Gasteiger partial charge in [-0.25, -0.2) is 4.79 Å². The maximum Gasteiger partial charge on any atom is 0.333 e. The summed E-state index contributed by atoms with van der Waals surface area (Å²) in [7, 11) is 0. The van der Waals surface area contributed by atoms with Gasteiger partial charge in [-0.2, -0.15) is 0 Å². The van der Waals surface area contributed by atoms with Crippen molar-refractivity contribution in [2.24, 2.45) is 17.3 Å². The van der Waals surface area contributed by atoms with Gasteiger partial charge < -0.3 is 24.1 Å². The molecule has 0 spiro atoms. The number of rotatable bonds is 5. The summed E-state index contributed by atoms with van der Waals surface area (Å²) in [5.41, 5.74) is -2.60. The van der Waals surface area contributed by atoms with Gasteiger partial charge in [0.1, 0.15) is 24.4 Å². The van der Waals surface area contributed by atoms with E-state index in [-0.39, 0.29) is 12.3 Å². The molecule has 1 heterocycles. The Hall–Kier alpha value is -1.93. The number of allylic oxidation sites excluding steroid dienone is 1. The summed E-state index contributed by atoms with van der Waals surface area (Å²) in [5, 5.41) is 12.0. The summed E-state index contributed by atoms with van der Waals surface area (Å²) < 4.78 is 23.5. The molecule has 1 N–H and O–H groups in total. The summed E-state index contributed by atoms with van der Waals surface area (Å²) in [4.78, 5) is 36.9. The lowest BCUT2D eigenvalue weighted by Gasteiger charge is -2.46. The molecule has 3 aliphatic rings. The highest BCUT2D eigenvalue weighted by molar-refractivity contribution is 5.87. The number of carbonyl (C=O) groups excluding carboxylic acids is 3. The Bertz CT molecular complexity index is 834. The number of esters is 3. The van der Waals surface area contributed by atoms with Crippen molar-refractivity contribution in [3.05, 3.63) is 11.6 Å². The lowest BCUT2D eigenvalue weighted by atomic mass is 9.66. The number of aliphatic hydroxyl groups is 1. The zero-order chi connectivity index (χ0) is 24.2. The lowest BCUT2D eigenvalue weighted by molar-refractivity contribution is -0.191. The molecule has 1 saturated heterocycles. The molecule has 0 aromatic carbocycles. The van der Waals surface area contributed by atoms with Crippen LogP contribution in [0.1, 0.15) is 68.2 Å². The van der Waals surface area contributed by atoms with E-state index in [9.17, 15) is 19.5 Å². The standard InChI is InChI=1S/C24H36O8/c1-9-13(4)21(27)31-16-10-22(7)19(32-22)20(30-15(6)26)23(8)17(29-14(5)25)11-24(28,12(2)3)18(16)23/h9,12,16-20,28H,10-11H2,1-8H3. The van der Waals surface area contributed by atoms with E-state index in [0.29, 0.717) is 12.0 Å². The van der Waals surface area contributed by atoms with Gasteiger partial charge in [0.05, 0.1) is 16.6 Å². The SMILES string of the molecule is CC=C(C)C(=O)OC1CC2(C)OC2C(OC(C)=O)C2(C)C(OC(C)=O)CC(O)(C(C)C)C12. The van der Waals surface area contributed by atoms with Gasteiger partial charge in [0.25, 0.3) is 0 Å². The fourth-order valence-electron chi connectivity index (χ4n) is 5.90. The minimum Gasteiger partial charge on any atom is -0.462 e. The van der Waals surface area contributed by atoms with Crippen LogP contribution in [0.5, 0.6) is 0 Å². The number of fused-ring (bicyclic) bond motifs is 2. The zero-order valence-electron chi connectivity index (χ0n) is 20.3. The van der Waals surface area contributed by atoms with E-state index in [1.807, 2.05) is 27.7 Å². The number of hydrogen-bond acceptors (Lipinski definition) is 8. The summed E-state index contributed by atoms with van der Waals surface area (Å²) in [6.07, 6.45) is -0.577. The molecule has 0 aromatic heterocycles. The first-order chi connectivity index (χ1) is 14.7. The highest BCUT2D eigenvalue weighted by Crippen LogP contribution is 2.65. The van der Waals surface area contributed by atoms with Crippen molar-refractivity contribution < 1.29 is 38.4 Å². The highest BCUT2D eigenvalue weighted by Gasteiger charge is 2.77. The average Bonchev–Trinajstić information content (AvgIpc) is 3.27. The molecular formula is C24H36O8. The van der Waals surface area contributed by atoms with Crippen LogP contribution >= 0.6 is 0 Å². The third kappa shape index (κ3) is 3.85. The number of ether oxygens (including phenoxy) is 4. The molecule has 8 heteroatoms. The van der Waals surface area contributed by atoms with Gasteiger partial charge in [0, 0.05) is 38.2 Å². The van der Waals surface area contributed by atoms with Crippen molar-refractivity contribution in [3.8, 4) is 0 Å². The van der Waals surface area contributed by atoms with Crippen LogP contribution < -0.4 is 0 Å². The molecule has 8 nitrogen and oxygen atoms in total. The first-order valence-corrected chi connectivity index (χ1v) is 11.3. The Balaban J connectivity index is 2.19. The van der Waals surface area contributed by atoms with E-state index in [1.165, 1.54) is 13.8 Å². The average molecular weight is 453 g/mol. The molecule has 8 unspecified atom stereocenters. The van der Waals surface area contributed by atoms with E-state index >= 15 is 0 Å². The molecule has 0 amide bonds. The molecule has 0 aromatic rings. The van der Waals surface area contributed by atoms with E-state index < -0.39 is 64.9 Å². The van der Waals surface area contributed by atoms with Gasteiger partial charge >= 0.3 is 17.9 Å². The van der Waals surface area contributed by atoms with E-state index in [0.717, 1.165) is 0 Å². The molecule has 32 heavy (non-hydrogen) atoms. The fourth-order valence-corrected chi connectivity index (χ4v) is 5.90. The van der Waals surface area contributed by atoms with Crippen LogP contribution in [0.3, 0.4) is 0 Å². The summed E-state index contributed by atoms with van der Waals surface area (Å²) in [6.45, 7) is 13.6. The molecular weight excluding hydrogens is 416 g/mol. The Morgan fingerprint density at radius 3 is 2.12 bits per heavy atom. The van der Waals surface area contributed by atoms with Crippen LogP contribution in [-0.2, 0) is 33.3 Å². The summed E-state index contributed by atoms with van der Waals surface area (Å²) in [5.74, 6) is -2.35. The van der Waals surface area contributed by atoms with Crippen molar-refractivity contribution in [1.29, 1.82) is 0 Å². The Morgan fingerprint density at radius 2 is 1.62 bits per heavy atom. The first kappa shape index (κ1) is 24.7. The van der Waals surface area contributed by atoms with E-state index in [1.54, 1.807) is 19.9 Å². The molecule has 2 saturated carbocycles. The van der Waals surface area contributed by atoms with Crippen LogP contribution in [0.4, 0.5) is 0 Å². The van der Waals surface area contributed by atoms with Gasteiger partial charge in [0.15, 0.2) is 0 Å². The molecule has 3 rings (SSSR count). The maximum absolute atomic E-state index is 12.8. The highest BCUT2D eigenvalue weighted by atomic mass is 16.7. The normalized spacial score (nSPS) is 43.1. The van der Waals surface area contributed by atoms with Crippen LogP contribution in [0, 0.1) is 17.3 Å². The topological polar surface area (TPSA) is 112 Å². The van der Waals surface area contributed by atoms with Crippen LogP contribution in [0.25, 0.3) is 0 Å². The fraction of sp³-hybridized carbons (Fsp3) is 0.792. The Morgan fingerprint density at radius 1 is 1.03 bits per heavy atom. The second kappa shape index (κ2) is 8.13. The molecule has 1 aliphatic heterocycles. The van der Waals surface area contributed by atoms with Gasteiger partial charge in [-0.3, -0.25) is 9.59 Å². The Kier molecular flexibility index (Phi) is 6.28. The Labute approximate surface area is 189 Å². The van der Waals surface area contributed by atoms with Crippen LogP contribution in [0.15, 0.2) is 11.6 Å². The molecule has 0 bridgehead atoms. The molecule has 2 aliphatic carbocycles. The molecule has 0 radical (unpaired) electrons.